The van der Waals surface area contributed by atoms with Gasteiger partial charge in [0.25, 0.3) is 0 Å². The van der Waals surface area contributed by atoms with Crippen LogP contribution in [0.4, 0.5) is 0 Å². The molecule has 0 radical (unpaired) electrons. The van der Waals surface area contributed by atoms with Crippen LogP contribution in [0.5, 0.6) is 0 Å². The molecule has 1 unspecified atom stereocenters. The van der Waals surface area contributed by atoms with Gasteiger partial charge in [-0.1, -0.05) is 0 Å². The van der Waals surface area contributed by atoms with Crippen molar-refractivity contribution in [3.8, 4) is 0 Å². The molecule has 0 aromatic heterocycles. The average molecular weight is 170 g/mol. The van der Waals surface area contributed by atoms with E-state index in [2.05, 4.69) is 0 Å². The van der Waals surface area contributed by atoms with Gasteiger partial charge in [0.1, 0.15) is 0 Å². The lowest BCUT2D eigenvalue weighted by atomic mass is 9.98. The highest BCUT2D eigenvalue weighted by Crippen LogP contribution is 2.33. The zero-order chi connectivity index (χ0) is 8.81. The molecule has 0 amide bonds. The molecule has 2 heteroatoms. The molecular formula is C10H18O2. The van der Waals surface area contributed by atoms with Crippen LogP contribution in [0.15, 0.2) is 11.8 Å². The van der Waals surface area contributed by atoms with Gasteiger partial charge in [-0.25, -0.2) is 0 Å². The lowest BCUT2D eigenvalue weighted by molar-refractivity contribution is 0.274. The van der Waals surface area contributed by atoms with Gasteiger partial charge < -0.3 is 9.84 Å². The fraction of sp³-hybridized carbons (Fsp3) is 0.800. The highest BCUT2D eigenvalue weighted by atomic mass is 16.5. The highest BCUT2D eigenvalue weighted by molar-refractivity contribution is 5.08. The van der Waals surface area contributed by atoms with Gasteiger partial charge in [0, 0.05) is 6.61 Å². The summed E-state index contributed by atoms with van der Waals surface area (Å²) in [4.78, 5) is 0. The normalized spacial score (nSPS) is 26.5. The Hall–Kier alpha value is -0.500. The number of hydrogen-bond acceptors (Lipinski definition) is 2. The van der Waals surface area contributed by atoms with Crippen LogP contribution in [0, 0.1) is 5.92 Å². The van der Waals surface area contributed by atoms with Crippen molar-refractivity contribution in [2.75, 3.05) is 13.7 Å². The SMILES string of the molecule is CO/C=C1/CCCC1CCCO. The number of allylic oxidation sites excluding steroid dienone is 1. The summed E-state index contributed by atoms with van der Waals surface area (Å²) in [6, 6.07) is 0. The molecule has 1 aliphatic carbocycles. The molecule has 1 fully saturated rings. The molecule has 1 atom stereocenters. The molecule has 0 bridgehead atoms. The zero-order valence-electron chi connectivity index (χ0n) is 7.75. The predicted octanol–water partition coefficient (Wildman–Crippen LogP) is 2.09. The molecule has 1 rings (SSSR count). The van der Waals surface area contributed by atoms with Crippen LogP contribution in [-0.2, 0) is 4.74 Å². The first-order chi connectivity index (χ1) is 5.88. The van der Waals surface area contributed by atoms with Crippen molar-refractivity contribution in [3.63, 3.8) is 0 Å². The molecule has 0 spiro atoms. The first-order valence-corrected chi connectivity index (χ1v) is 4.71. The van der Waals surface area contributed by atoms with Gasteiger partial charge >= 0.3 is 0 Å². The van der Waals surface area contributed by atoms with Crippen LogP contribution < -0.4 is 0 Å². The first kappa shape index (κ1) is 9.59. The maximum absolute atomic E-state index is 8.69. The summed E-state index contributed by atoms with van der Waals surface area (Å²) in [5.74, 6) is 0.678. The Morgan fingerprint density at radius 1 is 1.67 bits per heavy atom. The Balaban J connectivity index is 2.35. The monoisotopic (exact) mass is 170 g/mol. The van der Waals surface area contributed by atoms with E-state index >= 15 is 0 Å². The maximum atomic E-state index is 8.69. The topological polar surface area (TPSA) is 29.5 Å². The van der Waals surface area contributed by atoms with Crippen molar-refractivity contribution < 1.29 is 9.84 Å². The van der Waals surface area contributed by atoms with Gasteiger partial charge in [-0.2, -0.15) is 0 Å². The van der Waals surface area contributed by atoms with Crippen molar-refractivity contribution >= 4 is 0 Å². The molecule has 70 valence electrons. The fourth-order valence-electron chi connectivity index (χ4n) is 1.92. The summed E-state index contributed by atoms with van der Waals surface area (Å²) in [6.45, 7) is 0.316. The van der Waals surface area contributed by atoms with E-state index in [1.165, 1.54) is 24.8 Å². The van der Waals surface area contributed by atoms with E-state index < -0.39 is 0 Å². The number of hydrogen-bond donors (Lipinski definition) is 1. The van der Waals surface area contributed by atoms with Gasteiger partial charge in [-0.3, -0.25) is 0 Å². The van der Waals surface area contributed by atoms with Crippen LogP contribution in [0.3, 0.4) is 0 Å². The van der Waals surface area contributed by atoms with E-state index in [0.29, 0.717) is 12.5 Å². The third kappa shape index (κ3) is 2.52. The lowest BCUT2D eigenvalue weighted by Gasteiger charge is -2.09. The molecule has 0 heterocycles. The molecule has 0 aromatic rings. The van der Waals surface area contributed by atoms with E-state index in [0.717, 1.165) is 12.8 Å². The predicted molar refractivity (Wildman–Crippen MR) is 48.8 cm³/mol. The fourth-order valence-corrected chi connectivity index (χ4v) is 1.92. The third-order valence-corrected chi connectivity index (χ3v) is 2.52. The summed E-state index contributed by atoms with van der Waals surface area (Å²) in [6.07, 6.45) is 7.66. The second-order valence-electron chi connectivity index (χ2n) is 3.38. The number of ether oxygens (including phenoxy) is 1. The van der Waals surface area contributed by atoms with E-state index in [-0.39, 0.29) is 0 Å². The van der Waals surface area contributed by atoms with Crippen molar-refractivity contribution in [1.29, 1.82) is 0 Å². The lowest BCUT2D eigenvalue weighted by Crippen LogP contribution is -1.98. The second kappa shape index (κ2) is 5.20. The van der Waals surface area contributed by atoms with E-state index in [4.69, 9.17) is 9.84 Å². The Labute approximate surface area is 74.2 Å². The van der Waals surface area contributed by atoms with Crippen molar-refractivity contribution in [2.45, 2.75) is 32.1 Å². The average Bonchev–Trinajstić information content (AvgIpc) is 2.50. The molecule has 1 aliphatic rings. The molecule has 1 N–H and O–H groups in total. The standard InChI is InChI=1S/C10H18O2/c1-12-8-10-5-2-4-9(10)6-3-7-11/h8-9,11H,2-7H2,1H3/b10-8-. The van der Waals surface area contributed by atoms with Gasteiger partial charge in [0.05, 0.1) is 13.4 Å². The van der Waals surface area contributed by atoms with Crippen molar-refractivity contribution in [1.82, 2.24) is 0 Å². The van der Waals surface area contributed by atoms with Gasteiger partial charge in [0.2, 0.25) is 0 Å². The molecule has 0 aliphatic heterocycles. The minimum atomic E-state index is 0.316. The quantitative estimate of drug-likeness (QED) is 0.655. The van der Waals surface area contributed by atoms with Gasteiger partial charge in [0.15, 0.2) is 0 Å². The molecule has 12 heavy (non-hydrogen) atoms. The number of aliphatic hydroxyl groups excluding tert-OH is 1. The number of methoxy groups -OCH3 is 1. The Kier molecular flexibility index (Phi) is 4.15. The Morgan fingerprint density at radius 2 is 2.50 bits per heavy atom. The van der Waals surface area contributed by atoms with Gasteiger partial charge in [-0.15, -0.1) is 0 Å². The summed E-state index contributed by atoms with van der Waals surface area (Å²) >= 11 is 0. The van der Waals surface area contributed by atoms with Crippen LogP contribution in [0.1, 0.15) is 32.1 Å². The first-order valence-electron chi connectivity index (χ1n) is 4.71. The molecule has 0 saturated heterocycles. The molecule has 2 nitrogen and oxygen atoms in total. The summed E-state index contributed by atoms with van der Waals surface area (Å²) < 4.78 is 5.01. The Bertz CT molecular complexity index is 152. The van der Waals surface area contributed by atoms with E-state index in [1.54, 1.807) is 7.11 Å². The van der Waals surface area contributed by atoms with E-state index in [1.807, 2.05) is 6.26 Å². The second-order valence-corrected chi connectivity index (χ2v) is 3.38. The maximum Gasteiger partial charge on any atom is 0.0819 e. The van der Waals surface area contributed by atoms with Crippen LogP contribution in [0.2, 0.25) is 0 Å². The molecule has 0 aromatic carbocycles. The van der Waals surface area contributed by atoms with Crippen molar-refractivity contribution in [2.24, 2.45) is 5.92 Å². The van der Waals surface area contributed by atoms with Crippen molar-refractivity contribution in [3.05, 3.63) is 11.8 Å². The Morgan fingerprint density at radius 3 is 3.17 bits per heavy atom. The minimum absolute atomic E-state index is 0.316. The number of rotatable bonds is 4. The molecule has 1 saturated carbocycles. The molecular weight excluding hydrogens is 152 g/mol. The summed E-state index contributed by atoms with van der Waals surface area (Å²) in [7, 11) is 1.70. The summed E-state index contributed by atoms with van der Waals surface area (Å²) in [5, 5.41) is 8.69. The van der Waals surface area contributed by atoms with Crippen LogP contribution in [-0.4, -0.2) is 18.8 Å². The van der Waals surface area contributed by atoms with Crippen LogP contribution >= 0.6 is 0 Å². The smallest absolute Gasteiger partial charge is 0.0819 e. The number of aliphatic hydroxyl groups is 1. The summed E-state index contributed by atoms with van der Waals surface area (Å²) in [5.41, 5.74) is 1.44. The largest absolute Gasteiger partial charge is 0.504 e. The van der Waals surface area contributed by atoms with E-state index in [9.17, 15) is 0 Å². The minimum Gasteiger partial charge on any atom is -0.504 e. The van der Waals surface area contributed by atoms with Gasteiger partial charge in [-0.05, 0) is 43.6 Å². The third-order valence-electron chi connectivity index (χ3n) is 2.52. The zero-order valence-corrected chi connectivity index (χ0v) is 7.75. The van der Waals surface area contributed by atoms with Crippen LogP contribution in [0.25, 0.3) is 0 Å². The highest BCUT2D eigenvalue weighted by Gasteiger charge is 2.20.